The molecule has 112 valence electrons. The first-order valence-electron chi connectivity index (χ1n) is 7.64. The summed E-state index contributed by atoms with van der Waals surface area (Å²) in [5, 5.41) is 0. The molecule has 0 radical (unpaired) electrons. The van der Waals surface area contributed by atoms with Gasteiger partial charge in [-0.15, -0.1) is 0 Å². The van der Waals surface area contributed by atoms with E-state index in [1.807, 2.05) is 0 Å². The lowest BCUT2D eigenvalue weighted by Crippen LogP contribution is -2.28. The first-order valence-corrected chi connectivity index (χ1v) is 7.64. The molecule has 1 nitrogen and oxygen atoms in total. The second-order valence-corrected chi connectivity index (χ2v) is 7.70. The number of carbonyl (C=O) groups is 1. The third-order valence-corrected chi connectivity index (χ3v) is 4.39. The largest absolute Gasteiger partial charge is 0.299 e. The average molecular weight is 282 g/mol. The van der Waals surface area contributed by atoms with Crippen LogP contribution >= 0.6 is 0 Å². The molecule has 0 unspecified atom stereocenters. The number of rotatable bonds is 2. The van der Waals surface area contributed by atoms with Gasteiger partial charge in [-0.25, -0.2) is 0 Å². The predicted molar refractivity (Wildman–Crippen MR) is 90.3 cm³/mol. The maximum atomic E-state index is 10.9. The van der Waals surface area contributed by atoms with Gasteiger partial charge < -0.3 is 0 Å². The Bertz CT molecular complexity index is 621. The fraction of sp³-hybridized carbons (Fsp3) is 0.450. The Balaban J connectivity index is 2.82. The Kier molecular flexibility index (Phi) is 3.97. The van der Waals surface area contributed by atoms with Gasteiger partial charge in [0.15, 0.2) is 0 Å². The van der Waals surface area contributed by atoms with Crippen molar-refractivity contribution in [2.45, 2.75) is 53.4 Å². The van der Waals surface area contributed by atoms with Crippen molar-refractivity contribution in [1.82, 2.24) is 0 Å². The Labute approximate surface area is 128 Å². The third kappa shape index (κ3) is 2.88. The molecule has 1 aromatic carbocycles. The van der Waals surface area contributed by atoms with Crippen LogP contribution in [0.25, 0.3) is 5.57 Å². The van der Waals surface area contributed by atoms with Gasteiger partial charge >= 0.3 is 0 Å². The lowest BCUT2D eigenvalue weighted by Gasteiger charge is -2.40. The molecule has 0 bridgehead atoms. The van der Waals surface area contributed by atoms with E-state index in [4.69, 9.17) is 0 Å². The minimum absolute atomic E-state index is 0.0555. The molecule has 0 fully saturated rings. The fourth-order valence-corrected chi connectivity index (χ4v) is 3.48. The molecule has 0 saturated heterocycles. The van der Waals surface area contributed by atoms with Gasteiger partial charge in [0.1, 0.15) is 6.29 Å². The standard InChI is InChI=1S/C20H26O/c1-14(11-12-21)16-13-20(5,6)17-10-8-7-9-15(17)18(16)19(2,3)4/h7-12H,13H2,1-6H3/b14-11+. The van der Waals surface area contributed by atoms with Crippen molar-refractivity contribution < 1.29 is 4.79 Å². The summed E-state index contributed by atoms with van der Waals surface area (Å²) in [6.45, 7) is 13.4. The minimum Gasteiger partial charge on any atom is -0.299 e. The van der Waals surface area contributed by atoms with Gasteiger partial charge in [-0.3, -0.25) is 4.79 Å². The highest BCUT2D eigenvalue weighted by atomic mass is 16.1. The second kappa shape index (κ2) is 5.29. The van der Waals surface area contributed by atoms with E-state index in [9.17, 15) is 4.79 Å². The summed E-state index contributed by atoms with van der Waals surface area (Å²) in [5.74, 6) is 0. The molecule has 0 aromatic heterocycles. The van der Waals surface area contributed by atoms with Crippen LogP contribution in [0.5, 0.6) is 0 Å². The number of hydrogen-bond donors (Lipinski definition) is 0. The maximum absolute atomic E-state index is 10.9. The molecule has 0 saturated carbocycles. The van der Waals surface area contributed by atoms with Crippen LogP contribution in [-0.4, -0.2) is 6.29 Å². The Morgan fingerprint density at radius 1 is 1.19 bits per heavy atom. The first-order chi connectivity index (χ1) is 9.68. The molecule has 2 rings (SSSR count). The van der Waals surface area contributed by atoms with Gasteiger partial charge in [0.25, 0.3) is 0 Å². The summed E-state index contributed by atoms with van der Waals surface area (Å²) >= 11 is 0. The van der Waals surface area contributed by atoms with Crippen LogP contribution in [0.3, 0.4) is 0 Å². The monoisotopic (exact) mass is 282 g/mol. The van der Waals surface area contributed by atoms with Gasteiger partial charge in [0.05, 0.1) is 0 Å². The summed E-state index contributed by atoms with van der Waals surface area (Å²) in [7, 11) is 0. The Morgan fingerprint density at radius 2 is 1.81 bits per heavy atom. The molecule has 0 heterocycles. The fourth-order valence-electron chi connectivity index (χ4n) is 3.48. The van der Waals surface area contributed by atoms with Crippen LogP contribution in [0.2, 0.25) is 0 Å². The molecule has 1 aliphatic rings. The first kappa shape index (κ1) is 15.8. The summed E-state index contributed by atoms with van der Waals surface area (Å²) in [6, 6.07) is 8.71. The number of carbonyl (C=O) groups excluding carboxylic acids is 1. The van der Waals surface area contributed by atoms with Gasteiger partial charge in [-0.2, -0.15) is 0 Å². The van der Waals surface area contributed by atoms with Gasteiger partial charge in [-0.05, 0) is 58.1 Å². The number of allylic oxidation sites excluding steroid dienone is 4. The summed E-state index contributed by atoms with van der Waals surface area (Å²) in [4.78, 5) is 10.9. The molecule has 0 aliphatic heterocycles. The van der Waals surface area contributed by atoms with E-state index in [1.54, 1.807) is 6.08 Å². The minimum atomic E-state index is 0.0555. The molecule has 1 aromatic rings. The number of aldehydes is 1. The van der Waals surface area contributed by atoms with Crippen LogP contribution < -0.4 is 0 Å². The zero-order chi connectivity index (χ0) is 15.8. The van der Waals surface area contributed by atoms with E-state index in [-0.39, 0.29) is 10.8 Å². The van der Waals surface area contributed by atoms with Crippen molar-refractivity contribution in [3.05, 3.63) is 52.6 Å². The third-order valence-electron chi connectivity index (χ3n) is 4.39. The van der Waals surface area contributed by atoms with Crippen molar-refractivity contribution in [2.75, 3.05) is 0 Å². The molecule has 0 N–H and O–H groups in total. The molecule has 1 aliphatic carbocycles. The van der Waals surface area contributed by atoms with Crippen LogP contribution in [-0.2, 0) is 10.2 Å². The zero-order valence-corrected chi connectivity index (χ0v) is 14.1. The Hall–Kier alpha value is -1.63. The van der Waals surface area contributed by atoms with Gasteiger partial charge in [-0.1, -0.05) is 58.9 Å². The quantitative estimate of drug-likeness (QED) is 0.530. The molecular formula is C20H26O. The van der Waals surface area contributed by atoms with Crippen molar-refractivity contribution >= 4 is 11.9 Å². The van der Waals surface area contributed by atoms with E-state index in [0.717, 1.165) is 18.3 Å². The molecule has 0 amide bonds. The molecule has 1 heteroatoms. The average Bonchev–Trinajstić information content (AvgIpc) is 2.36. The molecule has 21 heavy (non-hydrogen) atoms. The number of fused-ring (bicyclic) bond motifs is 1. The summed E-state index contributed by atoms with van der Waals surface area (Å²) in [5.41, 5.74) is 6.72. The van der Waals surface area contributed by atoms with E-state index in [0.29, 0.717) is 0 Å². The predicted octanol–water partition coefficient (Wildman–Crippen LogP) is 5.31. The van der Waals surface area contributed by atoms with E-state index >= 15 is 0 Å². The van der Waals surface area contributed by atoms with Crippen LogP contribution in [0, 0.1) is 5.41 Å². The van der Waals surface area contributed by atoms with E-state index in [1.165, 1.54) is 22.3 Å². The van der Waals surface area contributed by atoms with Crippen molar-refractivity contribution in [2.24, 2.45) is 5.41 Å². The van der Waals surface area contributed by atoms with Crippen molar-refractivity contribution in [1.29, 1.82) is 0 Å². The highest BCUT2D eigenvalue weighted by molar-refractivity contribution is 5.82. The maximum Gasteiger partial charge on any atom is 0.143 e. The lowest BCUT2D eigenvalue weighted by atomic mass is 9.64. The highest BCUT2D eigenvalue weighted by Crippen LogP contribution is 2.50. The topological polar surface area (TPSA) is 17.1 Å². The molecule has 0 spiro atoms. The second-order valence-electron chi connectivity index (χ2n) is 7.70. The smallest absolute Gasteiger partial charge is 0.143 e. The summed E-state index contributed by atoms with van der Waals surface area (Å²) < 4.78 is 0. The number of benzene rings is 1. The van der Waals surface area contributed by atoms with Crippen LogP contribution in [0.15, 0.2) is 41.5 Å². The molecular weight excluding hydrogens is 256 g/mol. The van der Waals surface area contributed by atoms with Crippen LogP contribution in [0.1, 0.15) is 59.1 Å². The zero-order valence-electron chi connectivity index (χ0n) is 14.1. The lowest BCUT2D eigenvalue weighted by molar-refractivity contribution is -0.104. The van der Waals surface area contributed by atoms with Gasteiger partial charge in [0, 0.05) is 0 Å². The van der Waals surface area contributed by atoms with E-state index in [2.05, 4.69) is 65.8 Å². The summed E-state index contributed by atoms with van der Waals surface area (Å²) in [6.07, 6.45) is 3.58. The molecule has 0 atom stereocenters. The van der Waals surface area contributed by atoms with Crippen molar-refractivity contribution in [3.63, 3.8) is 0 Å². The Morgan fingerprint density at radius 3 is 2.38 bits per heavy atom. The van der Waals surface area contributed by atoms with Crippen molar-refractivity contribution in [3.8, 4) is 0 Å². The highest BCUT2D eigenvalue weighted by Gasteiger charge is 2.36. The van der Waals surface area contributed by atoms with Gasteiger partial charge in [0.2, 0.25) is 0 Å². The number of hydrogen-bond acceptors (Lipinski definition) is 1. The SMILES string of the molecule is C/C(=C\C=O)C1=C(C(C)(C)C)c2ccccc2C(C)(C)C1. The normalized spacial score (nSPS) is 18.5. The van der Waals surface area contributed by atoms with E-state index < -0.39 is 0 Å². The van der Waals surface area contributed by atoms with Crippen LogP contribution in [0.4, 0.5) is 0 Å².